The average Bonchev–Trinajstić information content (AvgIpc) is 2.64. The van der Waals surface area contributed by atoms with Crippen LogP contribution in [-0.2, 0) is 6.18 Å². The monoisotopic (exact) mass is 308 g/mol. The van der Waals surface area contributed by atoms with Gasteiger partial charge in [0, 0.05) is 12.1 Å². The number of carboxylic acids is 1. The Kier molecular flexibility index (Phi) is 3.01. The lowest BCUT2D eigenvalue weighted by Gasteiger charge is -2.05. The molecule has 0 unspecified atom stereocenters. The quantitative estimate of drug-likeness (QED) is 0.396. The second kappa shape index (κ2) is 4.30. The van der Waals surface area contributed by atoms with E-state index >= 15 is 0 Å². The third-order valence-corrected chi connectivity index (χ3v) is 3.51. The van der Waals surface area contributed by atoms with Crippen LogP contribution >= 0.6 is 11.3 Å². The van der Waals surface area contributed by atoms with Gasteiger partial charge in [-0.05, 0) is 11.3 Å². The summed E-state index contributed by atoms with van der Waals surface area (Å²) in [6.45, 7) is 0. The van der Waals surface area contributed by atoms with Gasteiger partial charge in [0.05, 0.1) is 10.5 Å². The molecular weight excluding hydrogens is 305 g/mol. The van der Waals surface area contributed by atoms with Gasteiger partial charge in [0.1, 0.15) is 0 Å². The summed E-state index contributed by atoms with van der Waals surface area (Å²) in [6, 6.07) is 0.655. The van der Waals surface area contributed by atoms with E-state index in [0.717, 1.165) is 0 Å². The Hall–Kier alpha value is -2.43. The second-order valence-electron chi connectivity index (χ2n) is 3.61. The van der Waals surface area contributed by atoms with E-state index in [0.29, 0.717) is 6.07 Å². The number of carboxylic acid groups (broad SMARTS) is 1. The Balaban J connectivity index is 2.90. The highest BCUT2D eigenvalue weighted by Gasteiger charge is 2.37. The molecule has 11 heteroatoms. The molecular formula is C9H3F3N2O5S. The number of rotatable bonds is 2. The Labute approximate surface area is 111 Å². The summed E-state index contributed by atoms with van der Waals surface area (Å²) in [5.74, 6) is -1.68. The minimum Gasteiger partial charge on any atom is -0.617 e. The van der Waals surface area contributed by atoms with Gasteiger partial charge in [0.2, 0.25) is 5.52 Å². The second-order valence-corrected chi connectivity index (χ2v) is 4.60. The molecule has 0 fully saturated rings. The van der Waals surface area contributed by atoms with E-state index in [4.69, 9.17) is 5.11 Å². The zero-order chi connectivity index (χ0) is 15.2. The number of alkyl halides is 3. The standard InChI is InChI=1S/C9H3F3N2O5S/c10-9(11,12)3-1-4-6(5(2-3)14(18)19)20-7(8(15)16)13(4)17/h1-2H,(H,15,16). The SMILES string of the molecule is O=C(O)c1sc2c([N+](=O)[O-])cc(C(F)(F)F)cc2[n+]1[O-]. The Morgan fingerprint density at radius 1 is 1.40 bits per heavy atom. The molecule has 2 aromatic rings. The molecule has 0 spiro atoms. The number of halogens is 3. The predicted octanol–water partition coefficient (Wildman–Crippen LogP) is 2.16. The summed E-state index contributed by atoms with van der Waals surface area (Å²) in [5, 5.41) is 30.2. The molecule has 0 saturated heterocycles. The molecule has 0 atom stereocenters. The van der Waals surface area contributed by atoms with Crippen molar-refractivity contribution in [3.8, 4) is 0 Å². The van der Waals surface area contributed by atoms with Gasteiger partial charge >= 0.3 is 17.2 Å². The first-order valence-corrected chi connectivity index (χ1v) is 5.59. The first-order chi connectivity index (χ1) is 9.12. The van der Waals surface area contributed by atoms with Crippen LogP contribution in [0.2, 0.25) is 0 Å². The van der Waals surface area contributed by atoms with Gasteiger partial charge in [0.15, 0.2) is 4.70 Å². The topological polar surface area (TPSA) is 107 Å². The van der Waals surface area contributed by atoms with Gasteiger partial charge in [-0.25, -0.2) is 4.79 Å². The molecule has 0 aliphatic heterocycles. The van der Waals surface area contributed by atoms with Gasteiger partial charge in [-0.3, -0.25) is 10.1 Å². The smallest absolute Gasteiger partial charge is 0.416 e. The van der Waals surface area contributed by atoms with Gasteiger partial charge in [-0.15, -0.1) is 4.73 Å². The highest BCUT2D eigenvalue weighted by atomic mass is 32.1. The molecule has 7 nitrogen and oxygen atoms in total. The van der Waals surface area contributed by atoms with E-state index in [1.807, 2.05) is 0 Å². The van der Waals surface area contributed by atoms with Crippen molar-refractivity contribution < 1.29 is 32.7 Å². The number of nitro benzene ring substituents is 1. The lowest BCUT2D eigenvalue weighted by Crippen LogP contribution is -2.31. The molecule has 1 N–H and O–H groups in total. The normalized spacial score (nSPS) is 11.8. The van der Waals surface area contributed by atoms with Crippen molar-refractivity contribution in [2.45, 2.75) is 6.18 Å². The van der Waals surface area contributed by atoms with E-state index in [9.17, 15) is 33.3 Å². The minimum absolute atomic E-state index is 0.248. The number of aromatic nitrogens is 1. The van der Waals surface area contributed by atoms with Crippen molar-refractivity contribution in [2.75, 3.05) is 0 Å². The molecule has 0 aliphatic carbocycles. The van der Waals surface area contributed by atoms with Crippen LogP contribution in [0.1, 0.15) is 15.4 Å². The largest absolute Gasteiger partial charge is 0.617 e. The van der Waals surface area contributed by atoms with Crippen LogP contribution in [0.5, 0.6) is 0 Å². The van der Waals surface area contributed by atoms with Crippen LogP contribution in [0, 0.1) is 15.3 Å². The molecule has 0 saturated carbocycles. The van der Waals surface area contributed by atoms with Crippen LogP contribution in [0.25, 0.3) is 10.2 Å². The van der Waals surface area contributed by atoms with E-state index in [-0.39, 0.29) is 22.1 Å². The van der Waals surface area contributed by atoms with Crippen molar-refractivity contribution in [3.05, 3.63) is 38.0 Å². The molecule has 20 heavy (non-hydrogen) atoms. The van der Waals surface area contributed by atoms with Crippen LogP contribution in [-0.4, -0.2) is 16.0 Å². The fourth-order valence-corrected chi connectivity index (χ4v) is 2.48. The van der Waals surface area contributed by atoms with Crippen LogP contribution < -0.4 is 4.73 Å². The maximum atomic E-state index is 12.6. The molecule has 0 bridgehead atoms. The summed E-state index contributed by atoms with van der Waals surface area (Å²) in [6.07, 6.45) is -4.89. The molecule has 106 valence electrons. The predicted molar refractivity (Wildman–Crippen MR) is 59.4 cm³/mol. The summed E-state index contributed by atoms with van der Waals surface area (Å²) in [7, 11) is 0. The number of hydrogen-bond acceptors (Lipinski definition) is 5. The third kappa shape index (κ3) is 2.11. The lowest BCUT2D eigenvalue weighted by atomic mass is 10.2. The maximum Gasteiger partial charge on any atom is 0.416 e. The Morgan fingerprint density at radius 3 is 2.45 bits per heavy atom. The molecule has 1 aromatic carbocycles. The van der Waals surface area contributed by atoms with Crippen molar-refractivity contribution in [2.24, 2.45) is 0 Å². The van der Waals surface area contributed by atoms with E-state index in [2.05, 4.69) is 0 Å². The number of carbonyl (C=O) groups is 1. The van der Waals surface area contributed by atoms with Crippen molar-refractivity contribution in [1.82, 2.24) is 0 Å². The van der Waals surface area contributed by atoms with E-state index in [1.165, 1.54) is 0 Å². The number of benzene rings is 1. The zero-order valence-electron chi connectivity index (χ0n) is 9.17. The number of non-ortho nitro benzene ring substituents is 1. The number of fused-ring (bicyclic) bond motifs is 1. The molecule has 2 rings (SSSR count). The first-order valence-electron chi connectivity index (χ1n) is 4.78. The number of hydrogen-bond donors (Lipinski definition) is 1. The van der Waals surface area contributed by atoms with Crippen molar-refractivity contribution in [1.29, 1.82) is 0 Å². The Bertz CT molecular complexity index is 739. The van der Waals surface area contributed by atoms with Gasteiger partial charge < -0.3 is 10.3 Å². The number of aromatic carboxylic acids is 1. The zero-order valence-corrected chi connectivity index (χ0v) is 9.99. The Morgan fingerprint density at radius 2 is 2.00 bits per heavy atom. The fourth-order valence-electron chi connectivity index (χ4n) is 1.53. The molecule has 0 amide bonds. The lowest BCUT2D eigenvalue weighted by molar-refractivity contribution is -0.575. The average molecular weight is 308 g/mol. The van der Waals surface area contributed by atoms with E-state index < -0.39 is 43.5 Å². The third-order valence-electron chi connectivity index (χ3n) is 2.36. The van der Waals surface area contributed by atoms with Gasteiger partial charge in [-0.2, -0.15) is 13.2 Å². The molecule has 1 heterocycles. The van der Waals surface area contributed by atoms with E-state index in [1.54, 1.807) is 0 Å². The van der Waals surface area contributed by atoms with Gasteiger partial charge in [0.25, 0.3) is 5.69 Å². The highest BCUT2D eigenvalue weighted by molar-refractivity contribution is 7.20. The highest BCUT2D eigenvalue weighted by Crippen LogP contribution is 2.37. The summed E-state index contributed by atoms with van der Waals surface area (Å²) < 4.78 is 37.1. The maximum absolute atomic E-state index is 12.6. The molecule has 0 aliphatic rings. The summed E-state index contributed by atoms with van der Waals surface area (Å²) >= 11 is 0.248. The summed E-state index contributed by atoms with van der Waals surface area (Å²) in [4.78, 5) is 20.4. The van der Waals surface area contributed by atoms with Crippen molar-refractivity contribution in [3.63, 3.8) is 0 Å². The van der Waals surface area contributed by atoms with Crippen LogP contribution in [0.4, 0.5) is 18.9 Å². The number of nitro groups is 1. The van der Waals surface area contributed by atoms with Crippen LogP contribution in [0.3, 0.4) is 0 Å². The molecule has 1 aromatic heterocycles. The minimum atomic E-state index is -4.89. The first kappa shape index (κ1) is 14.0. The molecule has 0 radical (unpaired) electrons. The number of thiazole rings is 1. The van der Waals surface area contributed by atoms with Gasteiger partial charge in [-0.1, -0.05) is 0 Å². The van der Waals surface area contributed by atoms with Crippen molar-refractivity contribution >= 4 is 33.2 Å². The summed E-state index contributed by atoms with van der Waals surface area (Å²) in [5.41, 5.74) is -3.05. The van der Waals surface area contributed by atoms with Crippen LogP contribution in [0.15, 0.2) is 12.1 Å². The number of nitrogens with zero attached hydrogens (tertiary/aromatic N) is 2. The fraction of sp³-hybridized carbons (Fsp3) is 0.111.